The van der Waals surface area contributed by atoms with Crippen LogP contribution in [0.5, 0.6) is 0 Å². The summed E-state index contributed by atoms with van der Waals surface area (Å²) in [6.07, 6.45) is 0.608. The number of allylic oxidation sites excluding steroid dienone is 1. The number of fused-ring (bicyclic) bond motifs is 1. The van der Waals surface area contributed by atoms with Crippen molar-refractivity contribution in [3.63, 3.8) is 0 Å². The third kappa shape index (κ3) is 7.77. The Labute approximate surface area is 245 Å². The molecule has 13 atom stereocenters. The highest BCUT2D eigenvalue weighted by atomic mass is 16.7. The number of aliphatic hydroxyl groups excluding tert-OH is 3. The Balaban J connectivity index is 1.97. The molecule has 2 saturated heterocycles. The fourth-order valence-electron chi connectivity index (χ4n) is 6.68. The molecule has 0 bridgehead atoms. The second kappa shape index (κ2) is 13.5. The number of carbonyl (C=O) groups excluding carboxylic acids is 2. The molecule has 0 radical (unpaired) electrons. The highest BCUT2D eigenvalue weighted by Crippen LogP contribution is 2.45. The molecule has 3 heterocycles. The van der Waals surface area contributed by atoms with E-state index in [-0.39, 0.29) is 49.4 Å². The Kier molecular flexibility index (Phi) is 11.2. The van der Waals surface area contributed by atoms with Crippen molar-refractivity contribution in [1.29, 1.82) is 0 Å². The number of carbonyl (C=O) groups is 2. The summed E-state index contributed by atoms with van der Waals surface area (Å²) in [5.41, 5.74) is -0.634. The fraction of sp³-hybridized carbons (Fsp3) is 0.871. The summed E-state index contributed by atoms with van der Waals surface area (Å²) in [6.45, 7) is 12.6. The lowest BCUT2D eigenvalue weighted by atomic mass is 9.81. The van der Waals surface area contributed by atoms with Crippen LogP contribution in [0.1, 0.15) is 74.1 Å². The van der Waals surface area contributed by atoms with Crippen LogP contribution in [-0.4, -0.2) is 107 Å². The highest BCUT2D eigenvalue weighted by molar-refractivity contribution is 5.91. The van der Waals surface area contributed by atoms with Gasteiger partial charge in [-0.15, -0.1) is 0 Å². The van der Waals surface area contributed by atoms with E-state index in [2.05, 4.69) is 0 Å². The van der Waals surface area contributed by atoms with Crippen molar-refractivity contribution < 1.29 is 43.9 Å². The minimum Gasteiger partial charge on any atom is -0.462 e. The number of hydrogen-bond donors (Lipinski definition) is 3. The van der Waals surface area contributed by atoms with E-state index in [0.717, 1.165) is 0 Å². The van der Waals surface area contributed by atoms with Gasteiger partial charge in [0.15, 0.2) is 11.6 Å². The van der Waals surface area contributed by atoms with Gasteiger partial charge in [-0.05, 0) is 66.3 Å². The van der Waals surface area contributed by atoms with Gasteiger partial charge in [0.05, 0.1) is 30.8 Å². The third-order valence-corrected chi connectivity index (χ3v) is 9.50. The first-order valence-electron chi connectivity index (χ1n) is 15.2. The van der Waals surface area contributed by atoms with Crippen LogP contribution >= 0.6 is 0 Å². The van der Waals surface area contributed by atoms with Gasteiger partial charge in [0, 0.05) is 36.3 Å². The van der Waals surface area contributed by atoms with E-state index in [0.29, 0.717) is 12.8 Å². The molecule has 3 aliphatic heterocycles. The number of aliphatic hydroxyl groups is 3. The molecular formula is C31H53NO9. The zero-order valence-electron chi connectivity index (χ0n) is 26.3. The molecular weight excluding hydrogens is 530 g/mol. The van der Waals surface area contributed by atoms with Gasteiger partial charge in [-0.25, -0.2) is 0 Å². The first-order chi connectivity index (χ1) is 19.1. The molecule has 41 heavy (non-hydrogen) atoms. The van der Waals surface area contributed by atoms with E-state index in [1.165, 1.54) is 6.08 Å². The second-order valence-corrected chi connectivity index (χ2v) is 13.2. The lowest BCUT2D eigenvalue weighted by Crippen LogP contribution is -2.63. The van der Waals surface area contributed by atoms with Gasteiger partial charge in [-0.3, -0.25) is 9.59 Å². The van der Waals surface area contributed by atoms with Gasteiger partial charge in [-0.2, -0.15) is 0 Å². The van der Waals surface area contributed by atoms with Crippen molar-refractivity contribution in [1.82, 2.24) is 4.90 Å². The normalized spacial score (nSPS) is 46.7. The molecule has 2 fully saturated rings. The number of esters is 1. The fourth-order valence-corrected chi connectivity index (χ4v) is 6.68. The predicted octanol–water partition coefficient (Wildman–Crippen LogP) is 2.46. The van der Waals surface area contributed by atoms with E-state index in [1.807, 2.05) is 46.7 Å². The van der Waals surface area contributed by atoms with Crippen molar-refractivity contribution >= 4 is 11.8 Å². The zero-order chi connectivity index (χ0) is 30.9. The van der Waals surface area contributed by atoms with Gasteiger partial charge in [-0.1, -0.05) is 27.7 Å². The van der Waals surface area contributed by atoms with Crippen LogP contribution in [0.4, 0.5) is 0 Å². The van der Waals surface area contributed by atoms with Crippen molar-refractivity contribution in [2.24, 2.45) is 23.7 Å². The summed E-state index contributed by atoms with van der Waals surface area (Å²) < 4.78 is 24.5. The Morgan fingerprint density at radius 3 is 2.29 bits per heavy atom. The number of likely N-dealkylation sites (N-methyl/N-ethyl adjacent to an activating group) is 1. The predicted molar refractivity (Wildman–Crippen MR) is 153 cm³/mol. The molecule has 236 valence electrons. The highest BCUT2D eigenvalue weighted by Gasteiger charge is 2.55. The maximum atomic E-state index is 13.2. The minimum atomic E-state index is -1.46. The summed E-state index contributed by atoms with van der Waals surface area (Å²) >= 11 is 0. The Morgan fingerprint density at radius 1 is 1.05 bits per heavy atom. The molecule has 0 spiro atoms. The van der Waals surface area contributed by atoms with E-state index < -0.39 is 59.5 Å². The van der Waals surface area contributed by atoms with Gasteiger partial charge in [0.1, 0.15) is 17.8 Å². The van der Waals surface area contributed by atoms with E-state index in [4.69, 9.17) is 18.9 Å². The first-order valence-corrected chi connectivity index (χ1v) is 15.2. The average molecular weight is 584 g/mol. The van der Waals surface area contributed by atoms with Crippen LogP contribution in [0, 0.1) is 23.7 Å². The van der Waals surface area contributed by atoms with Crippen molar-refractivity contribution in [3.05, 3.63) is 12.2 Å². The number of rotatable bonds is 5. The molecule has 0 amide bonds. The Bertz CT molecular complexity index is 943. The van der Waals surface area contributed by atoms with Crippen LogP contribution in [0.25, 0.3) is 0 Å². The molecule has 3 N–H and O–H groups in total. The topological polar surface area (TPSA) is 138 Å². The number of nitrogens with zero attached hydrogens (tertiary/aromatic N) is 1. The number of cyclic esters (lactones) is 1. The maximum Gasteiger partial charge on any atom is 0.308 e. The summed E-state index contributed by atoms with van der Waals surface area (Å²) in [5, 5.41) is 33.2. The van der Waals surface area contributed by atoms with Crippen LogP contribution < -0.4 is 0 Å². The number of ether oxygens (including phenoxy) is 4. The third-order valence-electron chi connectivity index (χ3n) is 9.50. The van der Waals surface area contributed by atoms with Crippen LogP contribution in [-0.2, 0) is 28.5 Å². The summed E-state index contributed by atoms with van der Waals surface area (Å²) in [7, 11) is 3.77. The van der Waals surface area contributed by atoms with Crippen LogP contribution in [0.3, 0.4) is 0 Å². The summed E-state index contributed by atoms with van der Waals surface area (Å²) in [4.78, 5) is 28.1. The molecule has 0 aliphatic carbocycles. The summed E-state index contributed by atoms with van der Waals surface area (Å²) in [5.74, 6) is -3.93. The lowest BCUT2D eigenvalue weighted by molar-refractivity contribution is -0.347. The summed E-state index contributed by atoms with van der Waals surface area (Å²) in [6, 6.07) is -0.244. The van der Waals surface area contributed by atoms with Crippen LogP contribution in [0.15, 0.2) is 12.2 Å². The molecule has 0 aromatic rings. The van der Waals surface area contributed by atoms with Gasteiger partial charge in [0.2, 0.25) is 0 Å². The Hall–Kier alpha value is -1.40. The van der Waals surface area contributed by atoms with Gasteiger partial charge >= 0.3 is 5.97 Å². The molecule has 0 saturated carbocycles. The van der Waals surface area contributed by atoms with Crippen molar-refractivity contribution in [3.8, 4) is 0 Å². The van der Waals surface area contributed by atoms with Crippen LogP contribution in [0.2, 0.25) is 0 Å². The lowest BCUT2D eigenvalue weighted by Gasteiger charge is -2.50. The van der Waals surface area contributed by atoms with E-state index >= 15 is 0 Å². The molecule has 3 rings (SSSR count). The molecule has 13 unspecified atom stereocenters. The number of hydrogen-bond acceptors (Lipinski definition) is 10. The minimum absolute atomic E-state index is 0.106. The second-order valence-electron chi connectivity index (χ2n) is 13.2. The van der Waals surface area contributed by atoms with Crippen molar-refractivity contribution in [2.75, 3.05) is 20.7 Å². The maximum absolute atomic E-state index is 13.2. The smallest absolute Gasteiger partial charge is 0.308 e. The quantitative estimate of drug-likeness (QED) is 0.327. The monoisotopic (exact) mass is 583 g/mol. The zero-order valence-corrected chi connectivity index (χ0v) is 26.3. The SMILES string of the molecule is CCC1OC(=O)CC(O)C(C)C(OC2(C)OC(C)CC(N(C)C)C2O)C(CO)CC(C)C(=O)C=CC2(C)OC2C1C. The Morgan fingerprint density at radius 2 is 1.71 bits per heavy atom. The molecule has 10 heteroatoms. The first kappa shape index (κ1) is 34.1. The largest absolute Gasteiger partial charge is 0.462 e. The van der Waals surface area contributed by atoms with E-state index in [1.54, 1.807) is 26.8 Å². The molecule has 0 aromatic carbocycles. The number of epoxide rings is 1. The molecule has 10 nitrogen and oxygen atoms in total. The molecule has 0 aromatic heterocycles. The number of ketones is 1. The standard InChI is InChI=1S/C31H53NO9/c1-10-25-20(5)29-30(6,41-29)12-11-23(34)17(2)13-21(16-33)27(19(4)24(35)15-26(36)38-25)40-31(7)28(37)22(32(8)9)14-18(3)39-31/h11-12,17-22,24-25,27-29,33,35,37H,10,13-16H2,1-9H3. The average Bonchev–Trinajstić information content (AvgIpc) is 3.59. The molecule has 3 aliphatic rings. The van der Waals surface area contributed by atoms with Gasteiger partial charge < -0.3 is 39.2 Å². The van der Waals surface area contributed by atoms with E-state index in [9.17, 15) is 24.9 Å². The van der Waals surface area contributed by atoms with Crippen molar-refractivity contribution in [2.45, 2.75) is 128 Å². The van der Waals surface area contributed by atoms with Gasteiger partial charge in [0.25, 0.3) is 0 Å².